The Balaban J connectivity index is 1.59. The van der Waals surface area contributed by atoms with Gasteiger partial charge in [-0.3, -0.25) is 4.90 Å². The summed E-state index contributed by atoms with van der Waals surface area (Å²) in [6.07, 6.45) is 5.80. The number of aromatic nitrogens is 1. The average molecular weight is 450 g/mol. The van der Waals surface area contributed by atoms with Crippen LogP contribution in [0.4, 0.5) is 10.9 Å². The molecular formula is C14H18Br2N4OS. The highest BCUT2D eigenvalue weighted by atomic mass is 79.9. The molecule has 0 N–H and O–H groups in total. The van der Waals surface area contributed by atoms with Crippen molar-refractivity contribution in [2.24, 2.45) is 0 Å². The molecule has 0 saturated carbocycles. The van der Waals surface area contributed by atoms with Crippen LogP contribution in [0.15, 0.2) is 16.2 Å². The fraction of sp³-hybridized carbons (Fsp3) is 0.643. The number of ether oxygens (including phenoxy) is 1. The van der Waals surface area contributed by atoms with Crippen molar-refractivity contribution in [3.05, 3.63) is 16.2 Å². The van der Waals surface area contributed by atoms with Crippen LogP contribution in [0.25, 0.3) is 0 Å². The molecule has 3 aliphatic rings. The molecule has 5 nitrogen and oxygen atoms in total. The summed E-state index contributed by atoms with van der Waals surface area (Å²) in [7, 11) is 2.04. The van der Waals surface area contributed by atoms with Gasteiger partial charge >= 0.3 is 0 Å². The number of halogens is 2. The maximum atomic E-state index is 5.73. The molecule has 2 fully saturated rings. The zero-order chi connectivity index (χ0) is 15.3. The van der Waals surface area contributed by atoms with Crippen LogP contribution in [-0.2, 0) is 4.74 Å². The highest BCUT2D eigenvalue weighted by Gasteiger charge is 2.37. The Hall–Kier alpha value is -0.310. The van der Waals surface area contributed by atoms with E-state index < -0.39 is 0 Å². The van der Waals surface area contributed by atoms with E-state index in [9.17, 15) is 0 Å². The van der Waals surface area contributed by atoms with Crippen molar-refractivity contribution < 1.29 is 4.74 Å². The van der Waals surface area contributed by atoms with Crippen LogP contribution in [0.3, 0.4) is 0 Å². The van der Waals surface area contributed by atoms with Gasteiger partial charge < -0.3 is 14.5 Å². The van der Waals surface area contributed by atoms with Gasteiger partial charge in [0.1, 0.15) is 5.82 Å². The lowest BCUT2D eigenvalue weighted by Crippen LogP contribution is -2.55. The molecule has 0 aliphatic carbocycles. The molecule has 0 spiro atoms. The molecule has 2 bridgehead atoms. The third kappa shape index (κ3) is 2.48. The van der Waals surface area contributed by atoms with Crippen molar-refractivity contribution in [2.45, 2.75) is 36.4 Å². The van der Waals surface area contributed by atoms with E-state index in [1.54, 1.807) is 11.3 Å². The number of anilines is 2. The lowest BCUT2D eigenvalue weighted by atomic mass is 9.95. The first-order valence-corrected chi connectivity index (χ1v) is 10.1. The predicted molar refractivity (Wildman–Crippen MR) is 96.8 cm³/mol. The maximum absolute atomic E-state index is 5.73. The summed E-state index contributed by atoms with van der Waals surface area (Å²) in [6, 6.07) is 0.990. The third-order valence-corrected chi connectivity index (χ3v) is 7.24. The molecule has 1 aromatic rings. The fourth-order valence-corrected chi connectivity index (χ4v) is 5.56. The first kappa shape index (κ1) is 15.2. The molecule has 0 radical (unpaired) electrons. The lowest BCUT2D eigenvalue weighted by Gasteiger charge is -2.45. The van der Waals surface area contributed by atoms with Crippen LogP contribution in [-0.4, -0.2) is 47.3 Å². The summed E-state index contributed by atoms with van der Waals surface area (Å²) >= 11 is 9.01. The van der Waals surface area contributed by atoms with Crippen molar-refractivity contribution >= 4 is 54.1 Å². The molecule has 8 heteroatoms. The summed E-state index contributed by atoms with van der Waals surface area (Å²) in [5, 5.41) is 3.37. The average Bonchev–Trinajstić information content (AvgIpc) is 3.07. The van der Waals surface area contributed by atoms with Gasteiger partial charge in [-0.05, 0) is 51.1 Å². The van der Waals surface area contributed by atoms with Crippen molar-refractivity contribution in [3.8, 4) is 0 Å². The minimum absolute atomic E-state index is 0.0982. The van der Waals surface area contributed by atoms with Crippen LogP contribution in [0.2, 0.25) is 0 Å². The van der Waals surface area contributed by atoms with Crippen molar-refractivity contribution in [1.29, 1.82) is 0 Å². The Morgan fingerprint density at radius 1 is 1.32 bits per heavy atom. The minimum atomic E-state index is 0.0982. The molecule has 2 saturated heterocycles. The van der Waals surface area contributed by atoms with Gasteiger partial charge in [-0.25, -0.2) is 4.98 Å². The second kappa shape index (κ2) is 5.96. The quantitative estimate of drug-likeness (QED) is 0.509. The number of morpholine rings is 1. The van der Waals surface area contributed by atoms with Gasteiger partial charge in [-0.2, -0.15) is 0 Å². The van der Waals surface area contributed by atoms with Gasteiger partial charge in [0, 0.05) is 18.6 Å². The van der Waals surface area contributed by atoms with Gasteiger partial charge in [0.25, 0.3) is 0 Å². The summed E-state index contributed by atoms with van der Waals surface area (Å²) in [6.45, 7) is 1.68. The van der Waals surface area contributed by atoms with Crippen molar-refractivity contribution in [2.75, 3.05) is 30.1 Å². The summed E-state index contributed by atoms with van der Waals surface area (Å²) < 4.78 is 6.78. The monoisotopic (exact) mass is 448 g/mol. The number of alkyl halides is 1. The zero-order valence-electron chi connectivity index (χ0n) is 12.3. The van der Waals surface area contributed by atoms with Gasteiger partial charge in [-0.15, -0.1) is 11.3 Å². The number of fused-ring (bicyclic) bond motifs is 2. The van der Waals surface area contributed by atoms with E-state index in [1.165, 1.54) is 19.3 Å². The molecule has 4 rings (SSSR count). The van der Waals surface area contributed by atoms with Crippen molar-refractivity contribution in [1.82, 2.24) is 9.88 Å². The third-order valence-electron chi connectivity index (χ3n) is 4.58. The van der Waals surface area contributed by atoms with E-state index in [-0.39, 0.29) is 5.08 Å². The summed E-state index contributed by atoms with van der Waals surface area (Å²) in [5.74, 6) is 0.993. The van der Waals surface area contributed by atoms with E-state index in [1.807, 2.05) is 7.05 Å². The van der Waals surface area contributed by atoms with Crippen LogP contribution < -0.4 is 9.80 Å². The Labute approximate surface area is 151 Å². The van der Waals surface area contributed by atoms with Crippen molar-refractivity contribution in [3.63, 3.8) is 0 Å². The molecule has 0 aromatic carbocycles. The minimum Gasteiger partial charge on any atom is -0.377 e. The lowest BCUT2D eigenvalue weighted by molar-refractivity contribution is 0.0463. The molecule has 4 heterocycles. The van der Waals surface area contributed by atoms with E-state index in [2.05, 4.69) is 58.1 Å². The van der Waals surface area contributed by atoms with E-state index in [0.29, 0.717) is 12.1 Å². The number of nitrogens with zero attached hydrogens (tertiary/aromatic N) is 4. The molecule has 3 aliphatic heterocycles. The second-order valence-corrected chi connectivity index (χ2v) is 8.42. The fourth-order valence-electron chi connectivity index (χ4n) is 3.37. The first-order chi connectivity index (χ1) is 10.6. The van der Waals surface area contributed by atoms with E-state index in [0.717, 1.165) is 28.8 Å². The van der Waals surface area contributed by atoms with Crippen LogP contribution in [0.5, 0.6) is 0 Å². The Morgan fingerprint density at radius 3 is 2.68 bits per heavy atom. The summed E-state index contributed by atoms with van der Waals surface area (Å²) in [5.41, 5.74) is 0. The molecule has 120 valence electrons. The topological polar surface area (TPSA) is 31.8 Å². The van der Waals surface area contributed by atoms with Gasteiger partial charge in [0.2, 0.25) is 0 Å². The molecular weight excluding hydrogens is 432 g/mol. The van der Waals surface area contributed by atoms with E-state index >= 15 is 0 Å². The maximum Gasteiger partial charge on any atom is 0.188 e. The van der Waals surface area contributed by atoms with Crippen LogP contribution in [0.1, 0.15) is 19.3 Å². The standard InChI is InChI=1S/C14H18Br2N4OS/c1-18-11(15)5-19(13(18)16)12-8-22-14(17-12)20-9-3-2-4-10(20)7-21-6-9/h5,8-10,13H,2-4,6-7H2,1H3/t9-,10+,13?. The largest absolute Gasteiger partial charge is 0.377 e. The SMILES string of the molecule is CN1C(Br)=CN(c2csc(N3[C@@H]4CCC[C@H]3COC4)n2)C1Br. The zero-order valence-corrected chi connectivity index (χ0v) is 16.3. The number of hydrogen-bond acceptors (Lipinski definition) is 6. The predicted octanol–water partition coefficient (Wildman–Crippen LogP) is 3.52. The molecule has 0 amide bonds. The van der Waals surface area contributed by atoms with Gasteiger partial charge in [-0.1, -0.05) is 0 Å². The highest BCUT2D eigenvalue weighted by molar-refractivity contribution is 9.12. The number of rotatable bonds is 2. The Kier molecular flexibility index (Phi) is 4.13. The first-order valence-electron chi connectivity index (χ1n) is 7.49. The van der Waals surface area contributed by atoms with Gasteiger partial charge in [0.15, 0.2) is 10.2 Å². The number of hydrogen-bond donors (Lipinski definition) is 0. The Morgan fingerprint density at radius 2 is 2.05 bits per heavy atom. The normalized spacial score (nSPS) is 31.7. The molecule has 1 unspecified atom stereocenters. The van der Waals surface area contributed by atoms with Crippen LogP contribution in [0, 0.1) is 0 Å². The smallest absolute Gasteiger partial charge is 0.188 e. The second-order valence-electron chi connectivity index (χ2n) is 5.95. The summed E-state index contributed by atoms with van der Waals surface area (Å²) in [4.78, 5) is 11.7. The molecule has 1 aromatic heterocycles. The van der Waals surface area contributed by atoms with Gasteiger partial charge in [0.05, 0.1) is 29.9 Å². The molecule has 22 heavy (non-hydrogen) atoms. The Bertz CT molecular complexity index is 573. The van der Waals surface area contributed by atoms with Crippen LogP contribution >= 0.6 is 43.2 Å². The highest BCUT2D eigenvalue weighted by Crippen LogP contribution is 2.39. The number of piperidine rings is 1. The molecule has 3 atom stereocenters. The van der Waals surface area contributed by atoms with E-state index in [4.69, 9.17) is 9.72 Å². The number of thiazole rings is 1.